The van der Waals surface area contributed by atoms with Gasteiger partial charge in [0.25, 0.3) is 5.91 Å². The first-order chi connectivity index (χ1) is 7.79. The Balaban J connectivity index is 2.56. The zero-order chi connectivity index (χ0) is 13.1. The Morgan fingerprint density at radius 2 is 2.06 bits per heavy atom. The number of amides is 1. The summed E-state index contributed by atoms with van der Waals surface area (Å²) in [7, 11) is 0. The predicted molar refractivity (Wildman–Crippen MR) is 63.8 cm³/mol. The van der Waals surface area contributed by atoms with Crippen LogP contribution in [0, 0.1) is 3.57 Å². The Bertz CT molecular complexity index is 421. The highest BCUT2D eigenvalue weighted by atomic mass is 127. The summed E-state index contributed by atoms with van der Waals surface area (Å²) in [4.78, 5) is 11.4. The number of alkyl halides is 3. The number of carbonyl (C=O) groups is 1. The number of benzene rings is 1. The Kier molecular flexibility index (Phi) is 4.61. The molecule has 1 amide bonds. The van der Waals surface area contributed by atoms with Gasteiger partial charge in [0, 0.05) is 12.1 Å². The second-order valence-corrected chi connectivity index (χ2v) is 4.45. The molecule has 1 aromatic carbocycles. The van der Waals surface area contributed by atoms with E-state index in [1.54, 1.807) is 0 Å². The molecule has 0 spiro atoms. The first-order valence-electron chi connectivity index (χ1n) is 4.63. The molecule has 3 nitrogen and oxygen atoms in total. The molecule has 17 heavy (non-hydrogen) atoms. The van der Waals surface area contributed by atoms with Gasteiger partial charge in [-0.05, 0) is 40.8 Å². The van der Waals surface area contributed by atoms with E-state index in [2.05, 4.69) is 5.32 Å². The average molecular weight is 359 g/mol. The zero-order valence-corrected chi connectivity index (χ0v) is 10.7. The van der Waals surface area contributed by atoms with Crippen LogP contribution in [-0.4, -0.2) is 23.7 Å². The quantitative estimate of drug-likeness (QED) is 0.816. The van der Waals surface area contributed by atoms with E-state index in [1.165, 1.54) is 18.2 Å². The number of nitrogens with one attached hydrogen (secondary N) is 1. The van der Waals surface area contributed by atoms with Crippen LogP contribution in [0.3, 0.4) is 0 Å². The molecular formula is C10H9F3INO2. The van der Waals surface area contributed by atoms with Crippen LogP contribution in [-0.2, 0) is 0 Å². The monoisotopic (exact) mass is 359 g/mol. The maximum atomic E-state index is 11.8. The third-order valence-electron chi connectivity index (χ3n) is 1.90. The van der Waals surface area contributed by atoms with E-state index >= 15 is 0 Å². The Morgan fingerprint density at radius 3 is 2.59 bits per heavy atom. The minimum Gasteiger partial charge on any atom is -0.507 e. The summed E-state index contributed by atoms with van der Waals surface area (Å²) in [6.07, 6.45) is -5.36. The normalized spacial score (nSPS) is 11.3. The van der Waals surface area contributed by atoms with Crippen LogP contribution in [0.1, 0.15) is 16.8 Å². The largest absolute Gasteiger partial charge is 0.507 e. The van der Waals surface area contributed by atoms with Crippen LogP contribution in [0.4, 0.5) is 13.2 Å². The number of hydrogen-bond acceptors (Lipinski definition) is 2. The van der Waals surface area contributed by atoms with Gasteiger partial charge in [0.15, 0.2) is 0 Å². The van der Waals surface area contributed by atoms with E-state index in [0.29, 0.717) is 3.57 Å². The van der Waals surface area contributed by atoms with Crippen molar-refractivity contribution in [3.05, 3.63) is 27.3 Å². The fraction of sp³-hybridized carbons (Fsp3) is 0.300. The number of halogens is 4. The van der Waals surface area contributed by atoms with E-state index in [1.807, 2.05) is 22.6 Å². The van der Waals surface area contributed by atoms with Crippen LogP contribution in [0.2, 0.25) is 0 Å². The van der Waals surface area contributed by atoms with Crippen LogP contribution < -0.4 is 5.32 Å². The van der Waals surface area contributed by atoms with Gasteiger partial charge in [-0.15, -0.1) is 0 Å². The second kappa shape index (κ2) is 5.56. The molecule has 0 heterocycles. The van der Waals surface area contributed by atoms with Crippen molar-refractivity contribution in [1.29, 1.82) is 0 Å². The SMILES string of the molecule is O=C(NCCC(F)(F)F)c1ccc(I)c(O)c1. The summed E-state index contributed by atoms with van der Waals surface area (Å²) in [6.45, 7) is -0.477. The summed E-state index contributed by atoms with van der Waals surface area (Å²) >= 11 is 1.87. The number of carbonyl (C=O) groups excluding carboxylic acids is 1. The van der Waals surface area contributed by atoms with Crippen molar-refractivity contribution in [3.63, 3.8) is 0 Å². The van der Waals surface area contributed by atoms with Crippen molar-refractivity contribution in [1.82, 2.24) is 5.32 Å². The van der Waals surface area contributed by atoms with E-state index < -0.39 is 25.0 Å². The Labute approximate surface area is 109 Å². The summed E-state index contributed by atoms with van der Waals surface area (Å²) in [5, 5.41) is 11.5. The van der Waals surface area contributed by atoms with Gasteiger partial charge in [0.05, 0.1) is 9.99 Å². The molecule has 0 saturated heterocycles. The lowest BCUT2D eigenvalue weighted by Gasteiger charge is -2.08. The van der Waals surface area contributed by atoms with Crippen molar-refractivity contribution in [2.45, 2.75) is 12.6 Å². The second-order valence-electron chi connectivity index (χ2n) is 3.29. The molecule has 0 fully saturated rings. The van der Waals surface area contributed by atoms with Gasteiger partial charge in [-0.1, -0.05) is 0 Å². The van der Waals surface area contributed by atoms with Gasteiger partial charge >= 0.3 is 6.18 Å². The first-order valence-corrected chi connectivity index (χ1v) is 5.71. The number of phenolic OH excluding ortho intramolecular Hbond substituents is 1. The summed E-state index contributed by atoms with van der Waals surface area (Å²) < 4.78 is 36.1. The zero-order valence-electron chi connectivity index (χ0n) is 8.51. The third kappa shape index (κ3) is 4.80. The topological polar surface area (TPSA) is 49.3 Å². The summed E-state index contributed by atoms with van der Waals surface area (Å²) in [5.74, 6) is -0.713. The Morgan fingerprint density at radius 1 is 1.41 bits per heavy atom. The number of rotatable bonds is 3. The van der Waals surface area contributed by atoms with Crippen molar-refractivity contribution >= 4 is 28.5 Å². The van der Waals surface area contributed by atoms with E-state index in [0.717, 1.165) is 0 Å². The maximum Gasteiger partial charge on any atom is 0.390 e. The molecular weight excluding hydrogens is 350 g/mol. The van der Waals surface area contributed by atoms with Crippen LogP contribution >= 0.6 is 22.6 Å². The molecule has 0 bridgehead atoms. The van der Waals surface area contributed by atoms with E-state index in [-0.39, 0.29) is 11.3 Å². The van der Waals surface area contributed by atoms with Crippen LogP contribution in [0.5, 0.6) is 5.75 Å². The van der Waals surface area contributed by atoms with Crippen molar-refractivity contribution < 1.29 is 23.1 Å². The first kappa shape index (κ1) is 14.1. The molecule has 94 valence electrons. The molecule has 0 saturated carbocycles. The minimum absolute atomic E-state index is 0.0749. The fourth-order valence-corrected chi connectivity index (χ4v) is 1.41. The highest BCUT2D eigenvalue weighted by Gasteiger charge is 2.26. The molecule has 2 N–H and O–H groups in total. The lowest BCUT2D eigenvalue weighted by atomic mass is 10.2. The molecule has 1 aromatic rings. The van der Waals surface area contributed by atoms with Gasteiger partial charge in [0.2, 0.25) is 0 Å². The summed E-state index contributed by atoms with van der Waals surface area (Å²) in [5.41, 5.74) is 0.130. The number of phenols is 1. The minimum atomic E-state index is -4.29. The van der Waals surface area contributed by atoms with Crippen molar-refractivity contribution in [3.8, 4) is 5.75 Å². The van der Waals surface area contributed by atoms with Crippen LogP contribution in [0.15, 0.2) is 18.2 Å². The van der Waals surface area contributed by atoms with Crippen molar-refractivity contribution in [2.24, 2.45) is 0 Å². The maximum absolute atomic E-state index is 11.8. The smallest absolute Gasteiger partial charge is 0.390 e. The van der Waals surface area contributed by atoms with Crippen LogP contribution in [0.25, 0.3) is 0 Å². The van der Waals surface area contributed by atoms with Gasteiger partial charge in [0.1, 0.15) is 5.75 Å². The molecule has 0 aliphatic heterocycles. The number of aromatic hydroxyl groups is 1. The predicted octanol–water partition coefficient (Wildman–Crippen LogP) is 2.68. The third-order valence-corrected chi connectivity index (χ3v) is 2.81. The molecule has 0 unspecified atom stereocenters. The lowest BCUT2D eigenvalue weighted by Crippen LogP contribution is -2.27. The molecule has 7 heteroatoms. The van der Waals surface area contributed by atoms with Crippen molar-refractivity contribution in [2.75, 3.05) is 6.54 Å². The average Bonchev–Trinajstić information content (AvgIpc) is 2.20. The number of hydrogen-bond donors (Lipinski definition) is 2. The molecule has 1 rings (SSSR count). The molecule has 0 aliphatic carbocycles. The van der Waals surface area contributed by atoms with Gasteiger partial charge in [-0.3, -0.25) is 4.79 Å². The highest BCUT2D eigenvalue weighted by molar-refractivity contribution is 14.1. The van der Waals surface area contributed by atoms with Gasteiger partial charge in [-0.25, -0.2) is 0 Å². The van der Waals surface area contributed by atoms with E-state index in [4.69, 9.17) is 0 Å². The van der Waals surface area contributed by atoms with E-state index in [9.17, 15) is 23.1 Å². The summed E-state index contributed by atoms with van der Waals surface area (Å²) in [6, 6.07) is 4.16. The van der Waals surface area contributed by atoms with Gasteiger partial charge < -0.3 is 10.4 Å². The molecule has 0 atom stereocenters. The lowest BCUT2D eigenvalue weighted by molar-refractivity contribution is -0.132. The van der Waals surface area contributed by atoms with Gasteiger partial charge in [-0.2, -0.15) is 13.2 Å². The standard InChI is InChI=1S/C10H9F3INO2/c11-10(12,13)3-4-15-9(17)6-1-2-7(14)8(16)5-6/h1-2,5,16H,3-4H2,(H,15,17). The highest BCUT2D eigenvalue weighted by Crippen LogP contribution is 2.21. The molecule has 0 aliphatic rings. The Hall–Kier alpha value is -0.990. The fourth-order valence-electron chi connectivity index (χ4n) is 1.07. The molecule has 0 radical (unpaired) electrons. The molecule has 0 aromatic heterocycles.